The van der Waals surface area contributed by atoms with Crippen molar-refractivity contribution in [2.24, 2.45) is 0 Å². The van der Waals surface area contributed by atoms with Crippen LogP contribution in [0.2, 0.25) is 0 Å². The maximum Gasteiger partial charge on any atom is 0.251 e. The normalized spacial score (nSPS) is 16.3. The average molecular weight is 306 g/mol. The molecule has 1 aliphatic heterocycles. The molecule has 5 nitrogen and oxygen atoms in total. The van der Waals surface area contributed by atoms with E-state index in [2.05, 4.69) is 17.1 Å². The maximum atomic E-state index is 12.4. The maximum absolute atomic E-state index is 12.4. The van der Waals surface area contributed by atoms with Crippen LogP contribution in [-0.2, 0) is 0 Å². The summed E-state index contributed by atoms with van der Waals surface area (Å²) in [4.78, 5) is 14.8. The summed E-state index contributed by atoms with van der Waals surface area (Å²) in [6.07, 6.45) is 3.21. The summed E-state index contributed by atoms with van der Waals surface area (Å²) in [5.74, 6) is 1.16. The molecule has 0 aromatic heterocycles. The number of hydrogen-bond donors (Lipinski definition) is 1. The van der Waals surface area contributed by atoms with Gasteiger partial charge in [-0.25, -0.2) is 0 Å². The number of hydrogen-bond acceptors (Lipinski definition) is 4. The molecule has 122 valence electrons. The molecule has 1 aromatic rings. The molecule has 1 aliphatic rings. The highest BCUT2D eigenvalue weighted by Crippen LogP contribution is 2.27. The van der Waals surface area contributed by atoms with Crippen LogP contribution in [0, 0.1) is 0 Å². The summed E-state index contributed by atoms with van der Waals surface area (Å²) >= 11 is 0. The van der Waals surface area contributed by atoms with E-state index in [0.717, 1.165) is 32.5 Å². The van der Waals surface area contributed by atoms with E-state index in [1.54, 1.807) is 32.4 Å². The van der Waals surface area contributed by atoms with E-state index in [4.69, 9.17) is 9.47 Å². The summed E-state index contributed by atoms with van der Waals surface area (Å²) in [6.45, 7) is 5.47. The van der Waals surface area contributed by atoms with Crippen LogP contribution in [0.4, 0.5) is 0 Å². The van der Waals surface area contributed by atoms with Crippen molar-refractivity contribution in [2.45, 2.75) is 32.2 Å². The van der Waals surface area contributed by atoms with Crippen molar-refractivity contribution in [1.82, 2.24) is 10.2 Å². The first-order chi connectivity index (χ1) is 10.7. The third-order valence-corrected chi connectivity index (χ3v) is 4.11. The average Bonchev–Trinajstić information content (AvgIpc) is 2.56. The number of benzene rings is 1. The van der Waals surface area contributed by atoms with Gasteiger partial charge in [0.2, 0.25) is 0 Å². The lowest BCUT2D eigenvalue weighted by Gasteiger charge is -2.32. The predicted octanol–water partition coefficient (Wildman–Crippen LogP) is 2.31. The van der Waals surface area contributed by atoms with Gasteiger partial charge in [0.05, 0.1) is 14.2 Å². The molecule has 1 amide bonds. The fourth-order valence-corrected chi connectivity index (χ4v) is 2.86. The minimum Gasteiger partial charge on any atom is -0.493 e. The Morgan fingerprint density at radius 3 is 2.50 bits per heavy atom. The Hall–Kier alpha value is -1.75. The molecule has 1 fully saturated rings. The Balaban J connectivity index is 1.93. The number of carbonyl (C=O) groups is 1. The van der Waals surface area contributed by atoms with Gasteiger partial charge in [0, 0.05) is 24.7 Å². The molecule has 0 spiro atoms. The molecule has 0 radical (unpaired) electrons. The topological polar surface area (TPSA) is 50.8 Å². The molecular formula is C17H26N2O3. The fraction of sp³-hybridized carbons (Fsp3) is 0.588. The Kier molecular flexibility index (Phi) is 6.07. The first-order valence-corrected chi connectivity index (χ1v) is 7.93. The predicted molar refractivity (Wildman–Crippen MR) is 86.8 cm³/mol. The van der Waals surface area contributed by atoms with E-state index in [1.165, 1.54) is 6.42 Å². The molecule has 0 unspecified atom stereocenters. The van der Waals surface area contributed by atoms with Crippen molar-refractivity contribution in [3.63, 3.8) is 0 Å². The number of ether oxygens (including phenoxy) is 2. The highest BCUT2D eigenvalue weighted by atomic mass is 16.5. The van der Waals surface area contributed by atoms with E-state index < -0.39 is 0 Å². The van der Waals surface area contributed by atoms with Gasteiger partial charge in [0.1, 0.15) is 0 Å². The molecule has 0 aliphatic carbocycles. The molecule has 22 heavy (non-hydrogen) atoms. The number of methoxy groups -OCH3 is 2. The summed E-state index contributed by atoms with van der Waals surface area (Å²) < 4.78 is 10.4. The number of likely N-dealkylation sites (tertiary alicyclic amines) is 1. The van der Waals surface area contributed by atoms with Gasteiger partial charge in [-0.15, -0.1) is 0 Å². The van der Waals surface area contributed by atoms with E-state index in [-0.39, 0.29) is 11.9 Å². The van der Waals surface area contributed by atoms with Gasteiger partial charge in [0.25, 0.3) is 5.91 Å². The third-order valence-electron chi connectivity index (χ3n) is 4.11. The van der Waals surface area contributed by atoms with Crippen molar-refractivity contribution < 1.29 is 14.3 Å². The van der Waals surface area contributed by atoms with Crippen LogP contribution in [-0.4, -0.2) is 50.7 Å². The monoisotopic (exact) mass is 306 g/mol. The standard InChI is InChI=1S/C17H26N2O3/c1-4-9-19-10-7-14(8-11-19)18-17(20)13-5-6-15(21-2)16(12-13)22-3/h5-6,12,14H,4,7-11H2,1-3H3,(H,18,20). The van der Waals surface area contributed by atoms with Crippen LogP contribution in [0.5, 0.6) is 11.5 Å². The third kappa shape index (κ3) is 4.13. The van der Waals surface area contributed by atoms with Crippen molar-refractivity contribution >= 4 is 5.91 Å². The van der Waals surface area contributed by atoms with Gasteiger partial charge in [-0.2, -0.15) is 0 Å². The summed E-state index contributed by atoms with van der Waals surface area (Å²) in [7, 11) is 3.16. The van der Waals surface area contributed by atoms with Gasteiger partial charge >= 0.3 is 0 Å². The quantitative estimate of drug-likeness (QED) is 0.876. The summed E-state index contributed by atoms with van der Waals surface area (Å²) in [5, 5.41) is 3.12. The zero-order valence-electron chi connectivity index (χ0n) is 13.7. The zero-order chi connectivity index (χ0) is 15.9. The highest BCUT2D eigenvalue weighted by Gasteiger charge is 2.21. The Bertz CT molecular complexity index is 497. The highest BCUT2D eigenvalue weighted by molar-refractivity contribution is 5.95. The largest absolute Gasteiger partial charge is 0.493 e. The van der Waals surface area contributed by atoms with Gasteiger partial charge in [-0.3, -0.25) is 4.79 Å². The van der Waals surface area contributed by atoms with E-state index in [0.29, 0.717) is 17.1 Å². The zero-order valence-corrected chi connectivity index (χ0v) is 13.7. The Morgan fingerprint density at radius 1 is 1.23 bits per heavy atom. The van der Waals surface area contributed by atoms with E-state index in [1.807, 2.05) is 0 Å². The second kappa shape index (κ2) is 8.03. The Labute approximate surface area is 132 Å². The van der Waals surface area contributed by atoms with Gasteiger partial charge in [-0.1, -0.05) is 6.92 Å². The summed E-state index contributed by atoms with van der Waals surface area (Å²) in [5.41, 5.74) is 0.605. The molecule has 0 atom stereocenters. The number of amides is 1. The molecule has 1 saturated heterocycles. The van der Waals surface area contributed by atoms with Crippen LogP contribution in [0.3, 0.4) is 0 Å². The molecule has 0 saturated carbocycles. The molecule has 1 aromatic carbocycles. The first-order valence-electron chi connectivity index (χ1n) is 7.93. The molecule has 0 bridgehead atoms. The molecule has 1 N–H and O–H groups in total. The lowest BCUT2D eigenvalue weighted by molar-refractivity contribution is 0.0910. The minimum atomic E-state index is -0.0464. The van der Waals surface area contributed by atoms with Crippen molar-refractivity contribution in [2.75, 3.05) is 33.9 Å². The second-order valence-electron chi connectivity index (χ2n) is 5.66. The molecular weight excluding hydrogens is 280 g/mol. The lowest BCUT2D eigenvalue weighted by Crippen LogP contribution is -2.44. The number of nitrogens with one attached hydrogen (secondary N) is 1. The fourth-order valence-electron chi connectivity index (χ4n) is 2.86. The van der Waals surface area contributed by atoms with Crippen LogP contribution in [0.1, 0.15) is 36.5 Å². The van der Waals surface area contributed by atoms with Crippen molar-refractivity contribution in [3.05, 3.63) is 23.8 Å². The van der Waals surface area contributed by atoms with Gasteiger partial charge in [0.15, 0.2) is 11.5 Å². The number of piperidine rings is 1. The van der Waals surface area contributed by atoms with Crippen LogP contribution in [0.15, 0.2) is 18.2 Å². The number of carbonyl (C=O) groups excluding carboxylic acids is 1. The molecule has 2 rings (SSSR count). The van der Waals surface area contributed by atoms with Gasteiger partial charge in [-0.05, 0) is 44.0 Å². The van der Waals surface area contributed by atoms with E-state index in [9.17, 15) is 4.79 Å². The molecule has 1 heterocycles. The van der Waals surface area contributed by atoms with E-state index >= 15 is 0 Å². The van der Waals surface area contributed by atoms with Crippen LogP contribution in [0.25, 0.3) is 0 Å². The number of rotatable bonds is 6. The smallest absolute Gasteiger partial charge is 0.251 e. The second-order valence-corrected chi connectivity index (χ2v) is 5.66. The molecule has 5 heteroatoms. The minimum absolute atomic E-state index is 0.0464. The Morgan fingerprint density at radius 2 is 1.91 bits per heavy atom. The van der Waals surface area contributed by atoms with Gasteiger partial charge < -0.3 is 19.7 Å². The number of nitrogens with zero attached hydrogens (tertiary/aromatic N) is 1. The van der Waals surface area contributed by atoms with Crippen LogP contribution >= 0.6 is 0 Å². The van der Waals surface area contributed by atoms with Crippen molar-refractivity contribution in [1.29, 1.82) is 0 Å². The lowest BCUT2D eigenvalue weighted by atomic mass is 10.0. The first kappa shape index (κ1) is 16.6. The van der Waals surface area contributed by atoms with Crippen LogP contribution < -0.4 is 14.8 Å². The van der Waals surface area contributed by atoms with Crippen molar-refractivity contribution in [3.8, 4) is 11.5 Å². The summed E-state index contributed by atoms with van der Waals surface area (Å²) in [6, 6.07) is 5.51. The SMILES string of the molecule is CCCN1CCC(NC(=O)c2ccc(OC)c(OC)c2)CC1.